The van der Waals surface area contributed by atoms with Gasteiger partial charge >= 0.3 is 0 Å². The largest absolute Gasteiger partial charge is 0.391 e. The van der Waals surface area contributed by atoms with Crippen LogP contribution in [0.1, 0.15) is 31.2 Å². The van der Waals surface area contributed by atoms with Crippen molar-refractivity contribution >= 4 is 11.3 Å². The molecule has 1 N–H and O–H groups in total. The smallest absolute Gasteiger partial charge is 0.203 e. The first-order valence-electron chi connectivity index (χ1n) is 7.44. The molecule has 0 bridgehead atoms. The van der Waals surface area contributed by atoms with Crippen molar-refractivity contribution in [3.05, 3.63) is 34.6 Å². The first-order chi connectivity index (χ1) is 10.7. The van der Waals surface area contributed by atoms with Crippen molar-refractivity contribution in [1.82, 2.24) is 9.78 Å². The van der Waals surface area contributed by atoms with E-state index in [1.807, 2.05) is 19.2 Å². The van der Waals surface area contributed by atoms with Crippen molar-refractivity contribution in [3.8, 4) is 16.6 Å². The molecule has 114 valence electrons. The Labute approximate surface area is 133 Å². The Hall–Kier alpha value is -1.97. The summed E-state index contributed by atoms with van der Waals surface area (Å²) in [5.74, 6) is 0. The highest BCUT2D eigenvalue weighted by molar-refractivity contribution is 7.12. The van der Waals surface area contributed by atoms with Gasteiger partial charge in [-0.1, -0.05) is 36.3 Å². The molecule has 1 heterocycles. The van der Waals surface area contributed by atoms with Gasteiger partial charge in [-0.3, -0.25) is 4.99 Å². The molecule has 3 rings (SSSR count). The van der Waals surface area contributed by atoms with Gasteiger partial charge in [-0.05, 0) is 25.0 Å². The van der Waals surface area contributed by atoms with Gasteiger partial charge in [0.2, 0.25) is 4.80 Å². The van der Waals surface area contributed by atoms with E-state index in [9.17, 15) is 5.11 Å². The van der Waals surface area contributed by atoms with Crippen LogP contribution >= 0.6 is 11.3 Å². The minimum atomic E-state index is -0.339. The highest BCUT2D eigenvalue weighted by atomic mass is 32.1. The zero-order chi connectivity index (χ0) is 15.5. The molecular formula is C16H18N4OS. The van der Waals surface area contributed by atoms with Crippen molar-refractivity contribution in [3.63, 3.8) is 0 Å². The number of aliphatic hydroxyl groups excluding tert-OH is 1. The molecule has 1 saturated carbocycles. The van der Waals surface area contributed by atoms with E-state index < -0.39 is 0 Å². The zero-order valence-electron chi connectivity index (χ0n) is 12.4. The Bertz CT molecular complexity index is 754. The number of nitrogens with zero attached hydrogens (tertiary/aromatic N) is 4. The minimum absolute atomic E-state index is 0.0192. The number of hydrogen-bond donors (Lipinski definition) is 1. The molecule has 1 fully saturated rings. The van der Waals surface area contributed by atoms with E-state index in [1.165, 1.54) is 11.3 Å². The predicted molar refractivity (Wildman–Crippen MR) is 85.1 cm³/mol. The normalized spacial score (nSPS) is 22.5. The molecule has 1 aromatic carbocycles. The standard InChI is InChI=1S/C16H18N4OS/c1-20-16(18-13-4-2-3-5-14(13)21)22-15(19-20)12-8-6-11(10-17)7-9-12/h6-9,13-14,21H,2-5H2,1H3. The second-order valence-electron chi connectivity index (χ2n) is 5.55. The summed E-state index contributed by atoms with van der Waals surface area (Å²) in [6.07, 6.45) is 3.63. The van der Waals surface area contributed by atoms with E-state index >= 15 is 0 Å². The van der Waals surface area contributed by atoms with Gasteiger partial charge in [0.15, 0.2) is 0 Å². The minimum Gasteiger partial charge on any atom is -0.391 e. The third kappa shape index (κ3) is 3.11. The van der Waals surface area contributed by atoms with E-state index in [0.29, 0.717) is 5.56 Å². The SMILES string of the molecule is Cn1nc(-c2ccc(C#N)cc2)sc1=NC1CCCCC1O. The Morgan fingerprint density at radius 1 is 1.32 bits per heavy atom. The summed E-state index contributed by atoms with van der Waals surface area (Å²) in [7, 11) is 1.87. The third-order valence-electron chi connectivity index (χ3n) is 3.94. The second kappa shape index (κ2) is 6.42. The molecule has 0 radical (unpaired) electrons. The van der Waals surface area contributed by atoms with Crippen molar-refractivity contribution in [1.29, 1.82) is 5.26 Å². The molecule has 1 aliphatic rings. The molecule has 0 amide bonds. The molecule has 0 spiro atoms. The maximum absolute atomic E-state index is 10.1. The quantitative estimate of drug-likeness (QED) is 0.923. The average Bonchev–Trinajstić information content (AvgIpc) is 2.91. The van der Waals surface area contributed by atoms with Crippen LogP contribution in [0.3, 0.4) is 0 Å². The van der Waals surface area contributed by atoms with Crippen molar-refractivity contribution in [2.45, 2.75) is 37.8 Å². The molecule has 0 saturated heterocycles. The van der Waals surface area contributed by atoms with E-state index in [4.69, 9.17) is 10.3 Å². The van der Waals surface area contributed by atoms with Crippen LogP contribution in [-0.4, -0.2) is 27.0 Å². The first kappa shape index (κ1) is 14.9. The number of aryl methyl sites for hydroxylation is 1. The summed E-state index contributed by atoms with van der Waals surface area (Å²) >= 11 is 1.51. The Balaban J connectivity index is 1.91. The summed E-state index contributed by atoms with van der Waals surface area (Å²) in [4.78, 5) is 5.52. The van der Waals surface area contributed by atoms with Crippen molar-refractivity contribution in [2.24, 2.45) is 12.0 Å². The van der Waals surface area contributed by atoms with Gasteiger partial charge in [-0.25, -0.2) is 4.68 Å². The second-order valence-corrected chi connectivity index (χ2v) is 6.51. The van der Waals surface area contributed by atoms with Gasteiger partial charge in [0.1, 0.15) is 5.01 Å². The number of benzene rings is 1. The third-order valence-corrected chi connectivity index (χ3v) is 5.00. The van der Waals surface area contributed by atoms with Crippen LogP contribution in [-0.2, 0) is 7.05 Å². The number of nitriles is 1. The van der Waals surface area contributed by atoms with Crippen molar-refractivity contribution in [2.75, 3.05) is 0 Å². The lowest BCUT2D eigenvalue weighted by molar-refractivity contribution is 0.107. The summed E-state index contributed by atoms with van der Waals surface area (Å²) in [5.41, 5.74) is 1.62. The monoisotopic (exact) mass is 314 g/mol. The van der Waals surface area contributed by atoms with Gasteiger partial charge in [0.25, 0.3) is 0 Å². The Morgan fingerprint density at radius 2 is 2.05 bits per heavy atom. The van der Waals surface area contributed by atoms with Gasteiger partial charge in [-0.15, -0.1) is 0 Å². The van der Waals surface area contributed by atoms with Gasteiger partial charge in [0, 0.05) is 12.6 Å². The van der Waals surface area contributed by atoms with E-state index in [0.717, 1.165) is 41.1 Å². The van der Waals surface area contributed by atoms with Crippen LogP contribution in [0.2, 0.25) is 0 Å². The Morgan fingerprint density at radius 3 is 2.73 bits per heavy atom. The van der Waals surface area contributed by atoms with Crippen LogP contribution in [0, 0.1) is 11.3 Å². The maximum Gasteiger partial charge on any atom is 0.203 e. The van der Waals surface area contributed by atoms with Crippen LogP contribution in [0.25, 0.3) is 10.6 Å². The fourth-order valence-electron chi connectivity index (χ4n) is 2.65. The fraction of sp³-hybridized carbons (Fsp3) is 0.438. The lowest BCUT2D eigenvalue weighted by Gasteiger charge is -2.23. The van der Waals surface area contributed by atoms with E-state index in [2.05, 4.69) is 11.2 Å². The molecule has 0 aliphatic heterocycles. The number of rotatable bonds is 2. The first-order valence-corrected chi connectivity index (χ1v) is 8.25. The molecule has 6 heteroatoms. The molecule has 1 aromatic heterocycles. The number of hydrogen-bond acceptors (Lipinski definition) is 5. The number of aromatic nitrogens is 2. The van der Waals surface area contributed by atoms with Crippen molar-refractivity contribution < 1.29 is 5.11 Å². The summed E-state index contributed by atoms with van der Waals surface area (Å²) in [6, 6.07) is 9.47. The molecule has 2 atom stereocenters. The molecular weight excluding hydrogens is 296 g/mol. The van der Waals surface area contributed by atoms with Crippen LogP contribution in [0.5, 0.6) is 0 Å². The van der Waals surface area contributed by atoms with E-state index in [1.54, 1.807) is 16.8 Å². The van der Waals surface area contributed by atoms with Gasteiger partial charge < -0.3 is 5.11 Å². The average molecular weight is 314 g/mol. The highest BCUT2D eigenvalue weighted by Gasteiger charge is 2.22. The molecule has 2 unspecified atom stereocenters. The number of aliphatic hydroxyl groups is 1. The van der Waals surface area contributed by atoms with Gasteiger partial charge in [-0.2, -0.15) is 10.4 Å². The molecule has 5 nitrogen and oxygen atoms in total. The highest BCUT2D eigenvalue weighted by Crippen LogP contribution is 2.22. The lowest BCUT2D eigenvalue weighted by Crippen LogP contribution is -2.30. The maximum atomic E-state index is 10.1. The van der Waals surface area contributed by atoms with Crippen LogP contribution < -0.4 is 4.80 Å². The summed E-state index contributed by atoms with van der Waals surface area (Å²) in [6.45, 7) is 0. The molecule has 1 aliphatic carbocycles. The Kier molecular flexibility index (Phi) is 4.36. The van der Waals surface area contributed by atoms with Gasteiger partial charge in [0.05, 0.1) is 23.8 Å². The zero-order valence-corrected chi connectivity index (χ0v) is 13.3. The molecule has 22 heavy (non-hydrogen) atoms. The topological polar surface area (TPSA) is 74.2 Å². The van der Waals surface area contributed by atoms with Crippen LogP contribution in [0.4, 0.5) is 0 Å². The predicted octanol–water partition coefficient (Wildman–Crippen LogP) is 2.22. The lowest BCUT2D eigenvalue weighted by atomic mass is 9.93. The fourth-order valence-corrected chi connectivity index (χ4v) is 3.60. The van der Waals surface area contributed by atoms with Crippen LogP contribution in [0.15, 0.2) is 29.3 Å². The summed E-state index contributed by atoms with van der Waals surface area (Å²) in [5, 5.41) is 24.3. The van der Waals surface area contributed by atoms with E-state index in [-0.39, 0.29) is 12.1 Å². The molecule has 2 aromatic rings. The summed E-state index contributed by atoms with van der Waals surface area (Å²) < 4.78 is 1.76.